The van der Waals surface area contributed by atoms with Crippen molar-refractivity contribution in [1.29, 1.82) is 0 Å². The van der Waals surface area contributed by atoms with Crippen molar-refractivity contribution in [3.8, 4) is 5.75 Å². The van der Waals surface area contributed by atoms with E-state index in [1.165, 1.54) is 12.1 Å². The van der Waals surface area contributed by atoms with Crippen LogP contribution < -0.4 is 20.9 Å². The molecule has 0 fully saturated rings. The second-order valence-corrected chi connectivity index (χ2v) is 7.44. The third kappa shape index (κ3) is 6.51. The third-order valence-electron chi connectivity index (χ3n) is 4.59. The van der Waals surface area contributed by atoms with Gasteiger partial charge in [-0.25, -0.2) is 9.97 Å². The summed E-state index contributed by atoms with van der Waals surface area (Å²) in [5.41, 5.74) is 4.02. The minimum atomic E-state index is -0.800. The average molecular weight is 502 g/mol. The molecule has 182 valence electrons. The first-order chi connectivity index (χ1) is 16.8. The van der Waals surface area contributed by atoms with Gasteiger partial charge in [0.15, 0.2) is 0 Å². The Hall–Kier alpha value is -4.52. The number of rotatable bonds is 11. The predicted octanol–water partition coefficient (Wildman–Crippen LogP) is 4.63. The zero-order chi connectivity index (χ0) is 25.4. The van der Waals surface area contributed by atoms with Gasteiger partial charge in [0, 0.05) is 17.3 Å². The van der Waals surface area contributed by atoms with E-state index in [9.17, 15) is 25.0 Å². The van der Waals surface area contributed by atoms with E-state index in [-0.39, 0.29) is 22.2 Å². The van der Waals surface area contributed by atoms with Crippen molar-refractivity contribution in [3.05, 3.63) is 79.6 Å². The average Bonchev–Trinajstić information content (AvgIpc) is 2.83. The number of hydrogen-bond donors (Lipinski definition) is 3. The molecule has 0 unspecified atom stereocenters. The SMILES string of the molecule is CCCCOc1ccc(Nc2ncnc(NNC(=O)c3ccc(Cl)c([N+](=O)[O-])c3)c2[N+](=O)[O-])cc1. The van der Waals surface area contributed by atoms with Gasteiger partial charge in [-0.05, 0) is 42.8 Å². The zero-order valence-corrected chi connectivity index (χ0v) is 19.1. The Morgan fingerprint density at radius 2 is 1.77 bits per heavy atom. The van der Waals surface area contributed by atoms with Gasteiger partial charge >= 0.3 is 5.69 Å². The lowest BCUT2D eigenvalue weighted by molar-refractivity contribution is -0.384. The summed E-state index contributed by atoms with van der Waals surface area (Å²) in [4.78, 5) is 41.5. The van der Waals surface area contributed by atoms with Crippen LogP contribution in [0.2, 0.25) is 5.02 Å². The van der Waals surface area contributed by atoms with E-state index in [4.69, 9.17) is 16.3 Å². The van der Waals surface area contributed by atoms with Crippen LogP contribution >= 0.6 is 11.6 Å². The summed E-state index contributed by atoms with van der Waals surface area (Å²) in [6, 6.07) is 10.2. The van der Waals surface area contributed by atoms with Gasteiger partial charge in [-0.2, -0.15) is 0 Å². The maximum absolute atomic E-state index is 12.4. The van der Waals surface area contributed by atoms with E-state index in [0.717, 1.165) is 25.2 Å². The molecule has 0 saturated heterocycles. The number of nitrogens with zero attached hydrogens (tertiary/aromatic N) is 4. The molecule has 1 aromatic heterocycles. The van der Waals surface area contributed by atoms with Gasteiger partial charge in [-0.3, -0.25) is 35.9 Å². The second-order valence-electron chi connectivity index (χ2n) is 7.03. The number of nitro groups is 2. The number of nitro benzene ring substituents is 1. The van der Waals surface area contributed by atoms with Crippen LogP contribution in [0.15, 0.2) is 48.8 Å². The number of carbonyl (C=O) groups is 1. The Morgan fingerprint density at radius 3 is 2.43 bits per heavy atom. The highest BCUT2D eigenvalue weighted by Gasteiger charge is 2.24. The van der Waals surface area contributed by atoms with Gasteiger partial charge in [0.1, 0.15) is 17.1 Å². The molecule has 1 heterocycles. The maximum Gasteiger partial charge on any atom is 0.355 e. The molecule has 0 aliphatic heterocycles. The lowest BCUT2D eigenvalue weighted by atomic mass is 10.2. The van der Waals surface area contributed by atoms with Gasteiger partial charge in [0.05, 0.1) is 16.5 Å². The van der Waals surface area contributed by atoms with Crippen LogP contribution in [-0.4, -0.2) is 32.3 Å². The highest BCUT2D eigenvalue weighted by molar-refractivity contribution is 6.32. The van der Waals surface area contributed by atoms with E-state index < -0.39 is 27.1 Å². The molecule has 0 atom stereocenters. The number of aromatic nitrogens is 2. The van der Waals surface area contributed by atoms with Gasteiger partial charge in [-0.1, -0.05) is 24.9 Å². The fraction of sp³-hybridized carbons (Fsp3) is 0.190. The highest BCUT2D eigenvalue weighted by Crippen LogP contribution is 2.31. The molecule has 3 aromatic rings. The van der Waals surface area contributed by atoms with E-state index in [2.05, 4.69) is 33.1 Å². The number of hydrogen-bond acceptors (Lipinski definition) is 10. The van der Waals surface area contributed by atoms with Crippen molar-refractivity contribution in [2.45, 2.75) is 19.8 Å². The fourth-order valence-electron chi connectivity index (χ4n) is 2.82. The fourth-order valence-corrected chi connectivity index (χ4v) is 3.01. The van der Waals surface area contributed by atoms with Crippen LogP contribution in [0.5, 0.6) is 5.75 Å². The Kier molecular flexibility index (Phi) is 8.29. The molecule has 1 amide bonds. The summed E-state index contributed by atoms with van der Waals surface area (Å²) in [6.07, 6.45) is 3.00. The van der Waals surface area contributed by atoms with Crippen LogP contribution in [0.1, 0.15) is 30.1 Å². The zero-order valence-electron chi connectivity index (χ0n) is 18.4. The molecule has 35 heavy (non-hydrogen) atoms. The number of nitrogens with one attached hydrogen (secondary N) is 3. The van der Waals surface area contributed by atoms with Crippen LogP contribution in [0, 0.1) is 20.2 Å². The number of amides is 1. The van der Waals surface area contributed by atoms with Crippen molar-refractivity contribution < 1.29 is 19.4 Å². The number of benzene rings is 2. The van der Waals surface area contributed by atoms with Gasteiger partial charge in [-0.15, -0.1) is 0 Å². The van der Waals surface area contributed by atoms with Crippen LogP contribution in [0.25, 0.3) is 0 Å². The molecule has 13 nitrogen and oxygen atoms in total. The Labute approximate surface area is 203 Å². The molecule has 3 rings (SSSR count). The van der Waals surface area contributed by atoms with E-state index >= 15 is 0 Å². The van der Waals surface area contributed by atoms with Crippen LogP contribution in [0.4, 0.5) is 28.7 Å². The molecule has 0 saturated carbocycles. The van der Waals surface area contributed by atoms with Crippen molar-refractivity contribution in [3.63, 3.8) is 0 Å². The summed E-state index contributed by atoms with van der Waals surface area (Å²) >= 11 is 5.75. The standard InChI is InChI=1S/C21H20ClN7O6/c1-2-3-10-35-15-7-5-14(6-8-15)25-19-18(29(33)34)20(24-12-23-19)26-27-21(30)13-4-9-16(22)17(11-13)28(31)32/h4-9,11-12H,2-3,10H2,1H3,(H,27,30)(H2,23,24,25,26). The Balaban J connectivity index is 1.75. The molecule has 0 bridgehead atoms. The quantitative estimate of drug-likeness (QED) is 0.191. The minimum absolute atomic E-state index is 0.0927. The van der Waals surface area contributed by atoms with Gasteiger partial charge < -0.3 is 10.1 Å². The molecule has 3 N–H and O–H groups in total. The Bertz CT molecular complexity index is 1240. The van der Waals surface area contributed by atoms with Crippen molar-refractivity contribution in [2.75, 3.05) is 17.3 Å². The maximum atomic E-state index is 12.4. The molecular weight excluding hydrogens is 482 g/mol. The normalized spacial score (nSPS) is 10.3. The topological polar surface area (TPSA) is 174 Å². The largest absolute Gasteiger partial charge is 0.494 e. The summed E-state index contributed by atoms with van der Waals surface area (Å²) in [6.45, 7) is 2.65. The summed E-state index contributed by atoms with van der Waals surface area (Å²) in [5, 5.41) is 25.5. The first kappa shape index (κ1) is 25.1. The molecule has 0 spiro atoms. The van der Waals surface area contributed by atoms with Crippen molar-refractivity contribution in [1.82, 2.24) is 15.4 Å². The van der Waals surface area contributed by atoms with Gasteiger partial charge in [0.2, 0.25) is 11.6 Å². The minimum Gasteiger partial charge on any atom is -0.494 e. The summed E-state index contributed by atoms with van der Waals surface area (Å²) in [5.74, 6) is -0.563. The predicted molar refractivity (Wildman–Crippen MR) is 128 cm³/mol. The lowest BCUT2D eigenvalue weighted by Crippen LogP contribution is -2.30. The first-order valence-electron chi connectivity index (χ1n) is 10.3. The number of halogens is 1. The molecule has 0 aliphatic carbocycles. The Morgan fingerprint density at radius 1 is 1.06 bits per heavy atom. The number of hydrazine groups is 1. The van der Waals surface area contributed by atoms with Gasteiger partial charge in [0.25, 0.3) is 11.6 Å². The number of ether oxygens (including phenoxy) is 1. The molecular formula is C21H20ClN7O6. The second kappa shape index (κ2) is 11.6. The summed E-state index contributed by atoms with van der Waals surface area (Å²) in [7, 11) is 0. The number of anilines is 3. The summed E-state index contributed by atoms with van der Waals surface area (Å²) < 4.78 is 5.59. The molecule has 2 aromatic carbocycles. The highest BCUT2D eigenvalue weighted by atomic mass is 35.5. The van der Waals surface area contributed by atoms with Crippen LogP contribution in [-0.2, 0) is 0 Å². The monoisotopic (exact) mass is 501 g/mol. The number of unbranched alkanes of at least 4 members (excludes halogenated alkanes) is 1. The molecule has 0 radical (unpaired) electrons. The van der Waals surface area contributed by atoms with Crippen LogP contribution in [0.3, 0.4) is 0 Å². The first-order valence-corrected chi connectivity index (χ1v) is 10.7. The van der Waals surface area contributed by atoms with Crippen molar-refractivity contribution >= 4 is 46.2 Å². The van der Waals surface area contributed by atoms with E-state index in [1.54, 1.807) is 24.3 Å². The molecule has 0 aliphatic rings. The number of carbonyl (C=O) groups excluding carboxylic acids is 1. The molecule has 14 heteroatoms. The van der Waals surface area contributed by atoms with Crippen molar-refractivity contribution in [2.24, 2.45) is 0 Å². The van der Waals surface area contributed by atoms with E-state index in [1.807, 2.05) is 0 Å². The third-order valence-corrected chi connectivity index (χ3v) is 4.91. The van der Waals surface area contributed by atoms with E-state index in [0.29, 0.717) is 18.0 Å². The lowest BCUT2D eigenvalue weighted by Gasteiger charge is -2.11. The smallest absolute Gasteiger partial charge is 0.355 e.